The highest BCUT2D eigenvalue weighted by Crippen LogP contribution is 2.25. The Morgan fingerprint density at radius 3 is 1.08 bits per heavy atom. The average Bonchev–Trinajstić information content (AvgIpc) is 2.74. The Bertz CT molecular complexity index is 1030. The van der Waals surface area contributed by atoms with Gasteiger partial charge in [-0.1, -0.05) is 21.6 Å². The third-order valence-electron chi connectivity index (χ3n) is 3.14. The average molecular weight is 589 g/mol. The van der Waals surface area contributed by atoms with E-state index in [1.54, 1.807) is 0 Å². The van der Waals surface area contributed by atoms with Gasteiger partial charge in [-0.2, -0.15) is 0 Å². The lowest BCUT2D eigenvalue weighted by molar-refractivity contribution is -0.158. The normalized spacial score (nSPS) is 18.7. The van der Waals surface area contributed by atoms with Crippen molar-refractivity contribution in [1.82, 2.24) is 10.6 Å². The number of alkyl carbamates (subject to hydrolysis) is 2. The first-order valence-electron chi connectivity index (χ1n) is 15.8. The van der Waals surface area contributed by atoms with Crippen molar-refractivity contribution in [2.45, 2.75) is 130 Å². The molecule has 0 aliphatic rings. The Balaban J connectivity index is 6.52. The molecule has 2 unspecified atom stereocenters. The predicted molar refractivity (Wildman–Crippen MR) is 152 cm³/mol. The lowest BCUT2D eigenvalue weighted by atomic mass is 10.1. The van der Waals surface area contributed by atoms with Crippen molar-refractivity contribution in [3.8, 4) is 0 Å². The van der Waals surface area contributed by atoms with Crippen LogP contribution in [0.4, 0.5) is 9.59 Å². The van der Waals surface area contributed by atoms with Crippen LogP contribution < -0.4 is 10.6 Å². The first kappa shape index (κ1) is 24.0. The van der Waals surface area contributed by atoms with Crippen molar-refractivity contribution < 1.29 is 49.1 Å². The summed E-state index contributed by atoms with van der Waals surface area (Å²) in [7, 11) is -0.283. The summed E-state index contributed by atoms with van der Waals surface area (Å²) >= 11 is 0. The Morgan fingerprint density at radius 1 is 0.579 bits per heavy atom. The molecule has 12 heteroatoms. The van der Waals surface area contributed by atoms with E-state index in [-0.39, 0.29) is 21.6 Å². The number of esters is 2. The lowest BCUT2D eigenvalue weighted by Gasteiger charge is -2.26. The molecule has 0 aromatic rings. The zero-order chi connectivity index (χ0) is 37.1. The molecule has 0 heterocycles. The minimum Gasteiger partial charge on any atom is -0.458 e. The topological polar surface area (TPSA) is 129 Å². The molecule has 2 atom stereocenters. The zero-order valence-electron chi connectivity index (χ0n) is 32.2. The maximum atomic E-state index is 13.0. The van der Waals surface area contributed by atoms with Crippen LogP contribution in [0.5, 0.6) is 0 Å². The number of rotatable bonds is 11. The van der Waals surface area contributed by atoms with Gasteiger partial charge in [-0.3, -0.25) is 0 Å². The number of hydrogen-bond acceptors (Lipinski definition) is 10. The maximum Gasteiger partial charge on any atom is 0.408 e. The Morgan fingerprint density at radius 2 is 0.842 bits per heavy atom. The second-order valence-electron chi connectivity index (χ2n) is 11.9. The highest BCUT2D eigenvalue weighted by Gasteiger charge is 2.30. The SMILES string of the molecule is [2H]C([2H])(SSC([2H])([2H])C([2H])([2H])C(NC(=O)OC(C)(C)C)C(=O)OC(C)(C)C)C([2H])([2H])C(NC(=O)OC(C)(C)C)C(=O)OC(C)(C)C. The van der Waals surface area contributed by atoms with Crippen LogP contribution in [0.3, 0.4) is 0 Å². The molecule has 222 valence electrons. The molecule has 2 amide bonds. The molecule has 10 nitrogen and oxygen atoms in total. The van der Waals surface area contributed by atoms with Crippen molar-refractivity contribution in [3.05, 3.63) is 0 Å². The monoisotopic (exact) mass is 588 g/mol. The Kier molecular flexibility index (Phi) is 9.54. The molecule has 0 fully saturated rings. The third-order valence-corrected chi connectivity index (χ3v) is 4.37. The summed E-state index contributed by atoms with van der Waals surface area (Å²) in [6.07, 6.45) is -9.18. The fourth-order valence-corrected chi connectivity index (χ4v) is 3.04. The van der Waals surface area contributed by atoms with Crippen LogP contribution in [-0.4, -0.2) is 70.0 Å². The number of carbonyl (C=O) groups excluding carboxylic acids is 4. The van der Waals surface area contributed by atoms with Crippen molar-refractivity contribution in [3.63, 3.8) is 0 Å². The second kappa shape index (κ2) is 15.1. The second-order valence-corrected chi connectivity index (χ2v) is 13.6. The van der Waals surface area contributed by atoms with Gasteiger partial charge in [0.05, 0.1) is 0 Å². The van der Waals surface area contributed by atoms with Crippen LogP contribution >= 0.6 is 21.6 Å². The number of amides is 2. The largest absolute Gasteiger partial charge is 0.458 e. The summed E-state index contributed by atoms with van der Waals surface area (Å²) in [5.74, 6) is -2.72. The van der Waals surface area contributed by atoms with Gasteiger partial charge in [-0.25, -0.2) is 19.2 Å². The van der Waals surface area contributed by atoms with E-state index >= 15 is 0 Å². The molecule has 0 saturated heterocycles. The Hall–Kier alpha value is -1.82. The summed E-state index contributed by atoms with van der Waals surface area (Å²) in [5, 5.41) is 4.00. The van der Waals surface area contributed by atoms with Gasteiger partial charge in [0, 0.05) is 22.4 Å². The minimum absolute atomic E-state index is 0.141. The van der Waals surface area contributed by atoms with E-state index in [4.69, 9.17) is 29.9 Å². The number of ether oxygens (including phenoxy) is 4. The maximum absolute atomic E-state index is 13.0. The van der Waals surface area contributed by atoms with Gasteiger partial charge in [0.2, 0.25) is 0 Å². The molecule has 0 spiro atoms. The van der Waals surface area contributed by atoms with E-state index in [1.165, 1.54) is 83.1 Å². The number of nitrogens with one attached hydrogen (secondary N) is 2. The van der Waals surface area contributed by atoms with E-state index in [1.807, 2.05) is 10.6 Å². The number of carbonyl (C=O) groups is 4. The van der Waals surface area contributed by atoms with E-state index in [2.05, 4.69) is 0 Å². The molecule has 0 bridgehead atoms. The van der Waals surface area contributed by atoms with Gasteiger partial charge in [0.15, 0.2) is 0 Å². The van der Waals surface area contributed by atoms with Gasteiger partial charge in [-0.05, 0) is 95.8 Å². The van der Waals surface area contributed by atoms with Gasteiger partial charge in [0.25, 0.3) is 0 Å². The Labute approximate surface area is 247 Å². The molecule has 0 aromatic carbocycles. The fraction of sp³-hybridized carbons (Fsp3) is 0.846. The summed E-state index contributed by atoms with van der Waals surface area (Å²) in [5.41, 5.74) is -11.0. The quantitative estimate of drug-likeness (QED) is 0.178. The molecule has 0 radical (unpaired) electrons. The highest BCUT2D eigenvalue weighted by atomic mass is 33.1. The molecule has 0 aliphatic carbocycles. The molecule has 0 rings (SSSR count). The van der Waals surface area contributed by atoms with Crippen molar-refractivity contribution in [2.24, 2.45) is 0 Å². The van der Waals surface area contributed by atoms with Crippen molar-refractivity contribution in [2.75, 3.05) is 11.4 Å². The van der Waals surface area contributed by atoms with Crippen LogP contribution in [-0.2, 0) is 28.5 Å². The van der Waals surface area contributed by atoms with Crippen LogP contribution in [0, 0.1) is 0 Å². The van der Waals surface area contributed by atoms with E-state index < -0.39 is 82.8 Å². The summed E-state index contributed by atoms with van der Waals surface area (Å²) < 4.78 is 88.8. The van der Waals surface area contributed by atoms with Gasteiger partial charge >= 0.3 is 24.1 Å². The first-order valence-corrected chi connectivity index (χ1v) is 13.9. The summed E-state index contributed by atoms with van der Waals surface area (Å²) in [4.78, 5) is 51.1. The molecule has 38 heavy (non-hydrogen) atoms. The van der Waals surface area contributed by atoms with Gasteiger partial charge < -0.3 is 29.6 Å². The standard InChI is InChI=1S/C26H48N2O8S2/c1-23(2,3)33-19(29)17(27-21(31)35-25(7,8)9)13-15-37-38-16-14-18(20(30)34-24(4,5)6)28-22(32)36-26(10,11)12/h17-18H,13-16H2,1-12H3,(H,27,31)(H,28,32)/i13D2,14D2,15D2,16D2. The zero-order valence-corrected chi connectivity index (χ0v) is 25.9. The van der Waals surface area contributed by atoms with Gasteiger partial charge in [-0.15, -0.1) is 0 Å². The minimum atomic E-state index is -3.33. The van der Waals surface area contributed by atoms with E-state index in [0.717, 1.165) is 0 Å². The lowest BCUT2D eigenvalue weighted by Crippen LogP contribution is -2.46. The third kappa shape index (κ3) is 20.2. The van der Waals surface area contributed by atoms with Crippen LogP contribution in [0.2, 0.25) is 0 Å². The van der Waals surface area contributed by atoms with Crippen LogP contribution in [0.15, 0.2) is 0 Å². The molecular formula is C26H48N2O8S2. The van der Waals surface area contributed by atoms with Crippen LogP contribution in [0.1, 0.15) is 107 Å². The predicted octanol–water partition coefficient (Wildman–Crippen LogP) is 5.62. The molecular weight excluding hydrogens is 532 g/mol. The van der Waals surface area contributed by atoms with Crippen molar-refractivity contribution in [1.29, 1.82) is 0 Å². The number of hydrogen-bond donors (Lipinski definition) is 2. The van der Waals surface area contributed by atoms with Crippen molar-refractivity contribution >= 4 is 45.7 Å². The smallest absolute Gasteiger partial charge is 0.408 e. The fourth-order valence-electron chi connectivity index (χ4n) is 2.09. The highest BCUT2D eigenvalue weighted by molar-refractivity contribution is 8.76. The molecule has 0 saturated carbocycles. The summed E-state index contributed by atoms with van der Waals surface area (Å²) in [6.45, 7) is 17.8. The molecule has 0 aliphatic heterocycles. The molecule has 2 N–H and O–H groups in total. The van der Waals surface area contributed by atoms with Gasteiger partial charge in [0.1, 0.15) is 34.5 Å². The summed E-state index contributed by atoms with van der Waals surface area (Å²) in [6, 6.07) is -4.62. The molecule has 0 aromatic heterocycles. The first-order chi connectivity index (χ1) is 19.9. The van der Waals surface area contributed by atoms with E-state index in [9.17, 15) is 19.2 Å². The van der Waals surface area contributed by atoms with Crippen LogP contribution in [0.25, 0.3) is 0 Å². The van der Waals surface area contributed by atoms with E-state index in [0.29, 0.717) is 0 Å².